The Labute approximate surface area is 167 Å². The van der Waals surface area contributed by atoms with E-state index < -0.39 is 0 Å². The van der Waals surface area contributed by atoms with Gasteiger partial charge in [0.15, 0.2) is 11.6 Å². The van der Waals surface area contributed by atoms with Crippen molar-refractivity contribution in [1.29, 1.82) is 0 Å². The fourth-order valence-electron chi connectivity index (χ4n) is 4.19. The molecule has 2 aliphatic heterocycles. The highest BCUT2D eigenvalue weighted by molar-refractivity contribution is 7.08. The van der Waals surface area contributed by atoms with E-state index in [0.29, 0.717) is 18.1 Å². The van der Waals surface area contributed by atoms with Gasteiger partial charge in [0.1, 0.15) is 5.82 Å². The normalized spacial score (nSPS) is 19.4. The standard InChI is InChI=1S/C20H22N6OS/c1-13-19-15(14-7-10-28-12-14)11-18(27)21-20(19)26(24-13)17-6-5-16(22-23-17)25-8-3-2-4-9-25/h5-7,10,12,15H,2-4,8-9,11H2,1H3,(H,21,27)/t15-/m1/s1. The van der Waals surface area contributed by atoms with Gasteiger partial charge in [0, 0.05) is 31.0 Å². The third-order valence-electron chi connectivity index (χ3n) is 5.58. The molecule has 28 heavy (non-hydrogen) atoms. The topological polar surface area (TPSA) is 75.9 Å². The van der Waals surface area contributed by atoms with E-state index in [-0.39, 0.29) is 11.8 Å². The van der Waals surface area contributed by atoms with Crippen LogP contribution < -0.4 is 10.2 Å². The molecular weight excluding hydrogens is 372 g/mol. The molecule has 0 aromatic carbocycles. The van der Waals surface area contributed by atoms with Crippen molar-refractivity contribution < 1.29 is 4.79 Å². The van der Waals surface area contributed by atoms with Gasteiger partial charge in [0.2, 0.25) is 5.91 Å². The van der Waals surface area contributed by atoms with Crippen LogP contribution >= 0.6 is 11.3 Å². The van der Waals surface area contributed by atoms with Gasteiger partial charge in [-0.3, -0.25) is 4.79 Å². The summed E-state index contributed by atoms with van der Waals surface area (Å²) in [6.45, 7) is 4.05. The minimum absolute atomic E-state index is 0.00254. The third kappa shape index (κ3) is 2.97. The number of aromatic nitrogens is 4. The van der Waals surface area contributed by atoms with Crippen LogP contribution in [0.5, 0.6) is 0 Å². The second-order valence-corrected chi connectivity index (χ2v) is 8.20. The summed E-state index contributed by atoms with van der Waals surface area (Å²) in [6, 6.07) is 6.02. The minimum Gasteiger partial charge on any atom is -0.355 e. The van der Waals surface area contributed by atoms with Crippen molar-refractivity contribution in [2.45, 2.75) is 38.5 Å². The Hall–Kier alpha value is -2.74. The lowest BCUT2D eigenvalue weighted by Crippen LogP contribution is -2.30. The van der Waals surface area contributed by atoms with Crippen LogP contribution in [0.2, 0.25) is 0 Å². The number of hydrogen-bond donors (Lipinski definition) is 1. The zero-order valence-corrected chi connectivity index (χ0v) is 16.6. The smallest absolute Gasteiger partial charge is 0.226 e. The van der Waals surface area contributed by atoms with Crippen LogP contribution in [0.3, 0.4) is 0 Å². The van der Waals surface area contributed by atoms with Gasteiger partial charge in [0.25, 0.3) is 0 Å². The summed E-state index contributed by atoms with van der Waals surface area (Å²) in [5.74, 6) is 2.27. The Bertz CT molecular complexity index is 989. The predicted octanol–water partition coefficient (Wildman–Crippen LogP) is 3.50. The summed E-state index contributed by atoms with van der Waals surface area (Å²) >= 11 is 1.65. The Morgan fingerprint density at radius 3 is 2.61 bits per heavy atom. The Balaban J connectivity index is 1.51. The summed E-state index contributed by atoms with van der Waals surface area (Å²) < 4.78 is 1.72. The first-order chi connectivity index (χ1) is 13.7. The summed E-state index contributed by atoms with van der Waals surface area (Å²) in [5, 5.41) is 20.7. The number of fused-ring (bicyclic) bond motifs is 1. The molecule has 3 aromatic rings. The van der Waals surface area contributed by atoms with Gasteiger partial charge in [-0.25, -0.2) is 0 Å². The summed E-state index contributed by atoms with van der Waals surface area (Å²) in [4.78, 5) is 14.7. The summed E-state index contributed by atoms with van der Waals surface area (Å²) in [5.41, 5.74) is 3.14. The SMILES string of the molecule is Cc1nn(-c2ccc(N3CCCCC3)nn2)c2c1[C@@H](c1ccsc1)CC(=O)N2. The van der Waals surface area contributed by atoms with Gasteiger partial charge >= 0.3 is 0 Å². The lowest BCUT2D eigenvalue weighted by atomic mass is 9.87. The molecule has 0 unspecified atom stereocenters. The zero-order valence-electron chi connectivity index (χ0n) is 15.8. The maximum atomic E-state index is 12.4. The number of anilines is 2. The average molecular weight is 395 g/mol. The molecule has 8 heteroatoms. The van der Waals surface area contributed by atoms with E-state index in [1.807, 2.05) is 24.4 Å². The van der Waals surface area contributed by atoms with E-state index in [2.05, 4.69) is 37.0 Å². The Morgan fingerprint density at radius 1 is 1.11 bits per heavy atom. The second-order valence-electron chi connectivity index (χ2n) is 7.42. The Kier molecular flexibility index (Phi) is 4.35. The lowest BCUT2D eigenvalue weighted by Gasteiger charge is -2.27. The van der Waals surface area contributed by atoms with Gasteiger partial charge in [-0.05, 0) is 60.7 Å². The Morgan fingerprint density at radius 2 is 1.89 bits per heavy atom. The van der Waals surface area contributed by atoms with Crippen LogP contribution in [0.15, 0.2) is 29.0 Å². The highest BCUT2D eigenvalue weighted by Crippen LogP contribution is 2.40. The van der Waals surface area contributed by atoms with Crippen LogP contribution in [0.25, 0.3) is 5.82 Å². The van der Waals surface area contributed by atoms with Crippen LogP contribution in [-0.4, -0.2) is 39.0 Å². The highest BCUT2D eigenvalue weighted by Gasteiger charge is 2.33. The van der Waals surface area contributed by atoms with Crippen molar-refractivity contribution in [3.63, 3.8) is 0 Å². The number of aryl methyl sites for hydroxylation is 1. The van der Waals surface area contributed by atoms with Crippen LogP contribution in [-0.2, 0) is 4.79 Å². The fourth-order valence-corrected chi connectivity index (χ4v) is 4.91. The quantitative estimate of drug-likeness (QED) is 0.736. The van der Waals surface area contributed by atoms with Gasteiger partial charge < -0.3 is 10.2 Å². The van der Waals surface area contributed by atoms with Gasteiger partial charge in [-0.2, -0.15) is 21.1 Å². The maximum Gasteiger partial charge on any atom is 0.226 e. The monoisotopic (exact) mass is 394 g/mol. The molecule has 1 N–H and O–H groups in total. The van der Waals surface area contributed by atoms with E-state index in [1.165, 1.54) is 19.3 Å². The molecule has 0 aliphatic carbocycles. The molecule has 5 rings (SSSR count). The van der Waals surface area contributed by atoms with Gasteiger partial charge in [0.05, 0.1) is 5.69 Å². The second kappa shape index (κ2) is 7.01. The molecule has 0 saturated carbocycles. The molecule has 0 radical (unpaired) electrons. The molecule has 7 nitrogen and oxygen atoms in total. The zero-order chi connectivity index (χ0) is 19.1. The fraction of sp³-hybridized carbons (Fsp3) is 0.400. The highest BCUT2D eigenvalue weighted by atomic mass is 32.1. The molecule has 0 bridgehead atoms. The lowest BCUT2D eigenvalue weighted by molar-refractivity contribution is -0.116. The number of nitrogens with zero attached hydrogens (tertiary/aromatic N) is 5. The van der Waals surface area contributed by atoms with E-state index in [1.54, 1.807) is 16.0 Å². The van der Waals surface area contributed by atoms with Crippen LogP contribution in [0, 0.1) is 6.92 Å². The first-order valence-electron chi connectivity index (χ1n) is 9.71. The van der Waals surface area contributed by atoms with Crippen molar-refractivity contribution in [3.05, 3.63) is 45.8 Å². The largest absolute Gasteiger partial charge is 0.355 e. The number of amides is 1. The van der Waals surface area contributed by atoms with E-state index in [9.17, 15) is 4.79 Å². The molecule has 144 valence electrons. The minimum atomic E-state index is 0.00254. The molecule has 1 amide bonds. The summed E-state index contributed by atoms with van der Waals surface area (Å²) in [6.07, 6.45) is 4.12. The van der Waals surface area contributed by atoms with Gasteiger partial charge in [-0.1, -0.05) is 0 Å². The molecular formula is C20H22N6OS. The predicted molar refractivity (Wildman–Crippen MR) is 109 cm³/mol. The average Bonchev–Trinajstić information content (AvgIpc) is 3.37. The van der Waals surface area contributed by atoms with Crippen LogP contribution in [0.1, 0.15) is 48.4 Å². The van der Waals surface area contributed by atoms with Crippen molar-refractivity contribution in [2.75, 3.05) is 23.3 Å². The van der Waals surface area contributed by atoms with Crippen molar-refractivity contribution in [3.8, 4) is 5.82 Å². The van der Waals surface area contributed by atoms with E-state index in [0.717, 1.165) is 35.7 Å². The number of nitrogens with one attached hydrogen (secondary N) is 1. The number of piperidine rings is 1. The maximum absolute atomic E-state index is 12.4. The van der Waals surface area contributed by atoms with E-state index >= 15 is 0 Å². The molecule has 1 fully saturated rings. The van der Waals surface area contributed by atoms with Crippen molar-refractivity contribution in [1.82, 2.24) is 20.0 Å². The molecule has 1 saturated heterocycles. The number of thiophene rings is 1. The third-order valence-corrected chi connectivity index (χ3v) is 6.28. The van der Waals surface area contributed by atoms with Crippen molar-refractivity contribution in [2.24, 2.45) is 0 Å². The number of carbonyl (C=O) groups is 1. The first kappa shape index (κ1) is 17.4. The first-order valence-corrected chi connectivity index (χ1v) is 10.7. The molecule has 5 heterocycles. The number of rotatable bonds is 3. The number of carbonyl (C=O) groups excluding carboxylic acids is 1. The summed E-state index contributed by atoms with van der Waals surface area (Å²) in [7, 11) is 0. The van der Waals surface area contributed by atoms with Crippen molar-refractivity contribution >= 4 is 28.9 Å². The van der Waals surface area contributed by atoms with Crippen LogP contribution in [0.4, 0.5) is 11.6 Å². The molecule has 3 aromatic heterocycles. The molecule has 1 atom stereocenters. The molecule has 0 spiro atoms. The van der Waals surface area contributed by atoms with E-state index in [4.69, 9.17) is 0 Å². The van der Waals surface area contributed by atoms with Gasteiger partial charge in [-0.15, -0.1) is 10.2 Å². The number of hydrogen-bond acceptors (Lipinski definition) is 6. The molecule has 2 aliphatic rings.